The zero-order chi connectivity index (χ0) is 17.2. The summed E-state index contributed by atoms with van der Waals surface area (Å²) in [6, 6.07) is 7.12. The number of piperidine rings is 1. The lowest BCUT2D eigenvalue weighted by Crippen LogP contribution is -2.51. The molecule has 128 valence electrons. The van der Waals surface area contributed by atoms with Crippen LogP contribution >= 0.6 is 11.6 Å². The van der Waals surface area contributed by atoms with E-state index in [0.29, 0.717) is 17.3 Å². The zero-order valence-electron chi connectivity index (χ0n) is 14.0. The predicted octanol–water partition coefficient (Wildman–Crippen LogP) is 3.63. The van der Waals surface area contributed by atoms with Crippen LogP contribution in [0, 0.1) is 0 Å². The number of carbonyl (C=O) groups excluding carboxylic acids is 1. The van der Waals surface area contributed by atoms with E-state index in [2.05, 4.69) is 9.97 Å². The van der Waals surface area contributed by atoms with Crippen LogP contribution in [0.25, 0.3) is 0 Å². The number of hydrogen-bond acceptors (Lipinski definition) is 3. The summed E-state index contributed by atoms with van der Waals surface area (Å²) in [5.74, 6) is 1.78. The van der Waals surface area contributed by atoms with Gasteiger partial charge in [0.25, 0.3) is 5.91 Å². The van der Waals surface area contributed by atoms with Gasteiger partial charge < -0.3 is 14.6 Å². The van der Waals surface area contributed by atoms with Crippen molar-refractivity contribution in [1.82, 2.24) is 14.9 Å². The van der Waals surface area contributed by atoms with Gasteiger partial charge in [0.15, 0.2) is 5.60 Å². The van der Waals surface area contributed by atoms with Crippen LogP contribution in [-0.2, 0) is 4.79 Å². The van der Waals surface area contributed by atoms with Gasteiger partial charge in [-0.2, -0.15) is 0 Å². The van der Waals surface area contributed by atoms with Gasteiger partial charge in [0, 0.05) is 36.4 Å². The number of nitrogens with zero attached hydrogens (tertiary/aromatic N) is 2. The third-order valence-corrected chi connectivity index (χ3v) is 4.53. The third-order valence-electron chi connectivity index (χ3n) is 4.30. The highest BCUT2D eigenvalue weighted by Gasteiger charge is 2.37. The first-order valence-electron chi connectivity index (χ1n) is 8.19. The van der Waals surface area contributed by atoms with Crippen LogP contribution in [0.5, 0.6) is 5.75 Å². The summed E-state index contributed by atoms with van der Waals surface area (Å²) in [6.07, 6.45) is 5.57. The molecule has 1 atom stereocenters. The summed E-state index contributed by atoms with van der Waals surface area (Å²) in [5.41, 5.74) is -0.949. The van der Waals surface area contributed by atoms with Gasteiger partial charge in [-0.15, -0.1) is 0 Å². The molecule has 1 aromatic heterocycles. The average molecular weight is 348 g/mol. The van der Waals surface area contributed by atoms with E-state index in [1.165, 1.54) is 0 Å². The Bertz CT molecular complexity index is 700. The molecule has 0 spiro atoms. The number of benzene rings is 1. The van der Waals surface area contributed by atoms with Crippen LogP contribution in [-0.4, -0.2) is 39.5 Å². The maximum Gasteiger partial charge on any atom is 0.266 e. The first kappa shape index (κ1) is 16.8. The van der Waals surface area contributed by atoms with Crippen LogP contribution in [0.4, 0.5) is 0 Å². The van der Waals surface area contributed by atoms with Crippen molar-refractivity contribution in [1.29, 1.82) is 0 Å². The second-order valence-electron chi connectivity index (χ2n) is 6.63. The molecule has 1 aromatic carbocycles. The number of amides is 1. The lowest BCUT2D eigenvalue weighted by molar-refractivity contribution is -0.146. The molecule has 0 radical (unpaired) electrons. The van der Waals surface area contributed by atoms with E-state index < -0.39 is 5.60 Å². The summed E-state index contributed by atoms with van der Waals surface area (Å²) in [4.78, 5) is 22.3. The van der Waals surface area contributed by atoms with Gasteiger partial charge in [-0.25, -0.2) is 4.98 Å². The predicted molar refractivity (Wildman–Crippen MR) is 93.3 cm³/mol. The van der Waals surface area contributed by atoms with Gasteiger partial charge >= 0.3 is 0 Å². The normalized spacial score (nSPS) is 18.5. The second kappa shape index (κ2) is 6.85. The summed E-state index contributed by atoms with van der Waals surface area (Å²) in [7, 11) is 0. The van der Waals surface area contributed by atoms with Crippen molar-refractivity contribution >= 4 is 17.5 Å². The molecule has 0 bridgehead atoms. The Morgan fingerprint density at radius 1 is 1.46 bits per heavy atom. The summed E-state index contributed by atoms with van der Waals surface area (Å²) in [6.45, 7) is 5.01. The van der Waals surface area contributed by atoms with Gasteiger partial charge in [-0.05, 0) is 44.9 Å². The monoisotopic (exact) mass is 347 g/mol. The molecular weight excluding hydrogens is 326 g/mol. The largest absolute Gasteiger partial charge is 0.478 e. The Hall–Kier alpha value is -2.01. The second-order valence-corrected chi connectivity index (χ2v) is 7.07. The molecule has 2 heterocycles. The van der Waals surface area contributed by atoms with Crippen LogP contribution < -0.4 is 4.74 Å². The number of imidazole rings is 1. The van der Waals surface area contributed by atoms with Crippen molar-refractivity contribution in [3.63, 3.8) is 0 Å². The van der Waals surface area contributed by atoms with E-state index in [1.54, 1.807) is 32.2 Å². The van der Waals surface area contributed by atoms with Crippen molar-refractivity contribution < 1.29 is 9.53 Å². The maximum atomic E-state index is 13.0. The van der Waals surface area contributed by atoms with Crippen LogP contribution in [0.15, 0.2) is 36.7 Å². The molecule has 2 aromatic rings. The minimum Gasteiger partial charge on any atom is -0.478 e. The van der Waals surface area contributed by atoms with Crippen molar-refractivity contribution in [2.75, 3.05) is 13.1 Å². The number of aromatic nitrogens is 2. The molecule has 1 saturated heterocycles. The van der Waals surface area contributed by atoms with Gasteiger partial charge in [-0.1, -0.05) is 17.7 Å². The lowest BCUT2D eigenvalue weighted by Gasteiger charge is -2.37. The van der Waals surface area contributed by atoms with Crippen molar-refractivity contribution in [3.8, 4) is 5.75 Å². The molecule has 1 aliphatic heterocycles. The van der Waals surface area contributed by atoms with Gasteiger partial charge in [0.05, 0.1) is 0 Å². The molecule has 6 heteroatoms. The fraction of sp³-hybridized carbons (Fsp3) is 0.444. The topological polar surface area (TPSA) is 58.2 Å². The Morgan fingerprint density at radius 3 is 3.00 bits per heavy atom. The summed E-state index contributed by atoms with van der Waals surface area (Å²) in [5, 5.41) is 0.589. The summed E-state index contributed by atoms with van der Waals surface area (Å²) >= 11 is 5.99. The quantitative estimate of drug-likeness (QED) is 0.918. The SMILES string of the molecule is CC(C)(Oc1cccc(Cl)c1)C(=O)N1CCC[C@@H](c2ncc[nH]2)C1. The number of H-pyrrole nitrogens is 1. The number of likely N-dealkylation sites (tertiary alicyclic amines) is 1. The molecule has 5 nitrogen and oxygen atoms in total. The molecule has 0 unspecified atom stereocenters. The van der Waals surface area contributed by atoms with E-state index in [9.17, 15) is 4.79 Å². The highest BCUT2D eigenvalue weighted by Crippen LogP contribution is 2.28. The Kier molecular flexibility index (Phi) is 4.81. The van der Waals surface area contributed by atoms with Crippen molar-refractivity contribution in [2.24, 2.45) is 0 Å². The maximum absolute atomic E-state index is 13.0. The van der Waals surface area contributed by atoms with Gasteiger partial charge in [0.1, 0.15) is 11.6 Å². The highest BCUT2D eigenvalue weighted by atomic mass is 35.5. The minimum atomic E-state index is -0.949. The van der Waals surface area contributed by atoms with E-state index >= 15 is 0 Å². The molecular formula is C18H22ClN3O2. The van der Waals surface area contributed by atoms with Gasteiger partial charge in [-0.3, -0.25) is 4.79 Å². The highest BCUT2D eigenvalue weighted by molar-refractivity contribution is 6.30. The molecule has 1 fully saturated rings. The third kappa shape index (κ3) is 3.73. The van der Waals surface area contributed by atoms with E-state index in [1.807, 2.05) is 23.2 Å². The number of nitrogens with one attached hydrogen (secondary N) is 1. The minimum absolute atomic E-state index is 0.0151. The van der Waals surface area contributed by atoms with E-state index in [0.717, 1.165) is 25.2 Å². The molecule has 3 rings (SSSR count). The fourth-order valence-electron chi connectivity index (χ4n) is 3.14. The number of carbonyl (C=O) groups is 1. The molecule has 24 heavy (non-hydrogen) atoms. The van der Waals surface area contributed by atoms with Gasteiger partial charge in [0.2, 0.25) is 0 Å². The first-order valence-corrected chi connectivity index (χ1v) is 8.57. The number of hydrogen-bond donors (Lipinski definition) is 1. The van der Waals surface area contributed by atoms with Crippen molar-refractivity contribution in [2.45, 2.75) is 38.2 Å². The first-order chi connectivity index (χ1) is 11.5. The molecule has 1 N–H and O–H groups in total. The Morgan fingerprint density at radius 2 is 2.29 bits per heavy atom. The molecule has 0 saturated carbocycles. The number of ether oxygens (including phenoxy) is 1. The van der Waals surface area contributed by atoms with Crippen molar-refractivity contribution in [3.05, 3.63) is 47.5 Å². The number of aromatic amines is 1. The molecule has 1 amide bonds. The fourth-order valence-corrected chi connectivity index (χ4v) is 3.32. The van der Waals surface area contributed by atoms with Crippen LogP contribution in [0.3, 0.4) is 0 Å². The molecule has 1 aliphatic rings. The van der Waals surface area contributed by atoms with Crippen LogP contribution in [0.2, 0.25) is 5.02 Å². The standard InChI is InChI=1S/C18H22ClN3O2/c1-18(2,24-15-7-3-6-14(19)11-15)17(23)22-10-4-5-13(12-22)16-20-8-9-21-16/h3,6-9,11,13H,4-5,10,12H2,1-2H3,(H,20,21)/t13-/m1/s1. The zero-order valence-corrected chi connectivity index (χ0v) is 14.7. The number of halogens is 1. The van der Waals surface area contributed by atoms with E-state index in [4.69, 9.17) is 16.3 Å². The Labute approximate surface area is 147 Å². The lowest BCUT2D eigenvalue weighted by atomic mass is 9.95. The van der Waals surface area contributed by atoms with E-state index in [-0.39, 0.29) is 11.8 Å². The molecule has 0 aliphatic carbocycles. The smallest absolute Gasteiger partial charge is 0.266 e. The number of rotatable bonds is 4. The summed E-state index contributed by atoms with van der Waals surface area (Å²) < 4.78 is 5.92. The Balaban J connectivity index is 1.69. The average Bonchev–Trinajstić information content (AvgIpc) is 3.08. The van der Waals surface area contributed by atoms with Crippen LogP contribution in [0.1, 0.15) is 38.4 Å².